The molecule has 3 rings (SSSR count). The van der Waals surface area contributed by atoms with E-state index < -0.39 is 6.36 Å². The van der Waals surface area contributed by atoms with Crippen molar-refractivity contribution in [1.82, 2.24) is 10.2 Å². The maximum Gasteiger partial charge on any atom is 0.573 e. The lowest BCUT2D eigenvalue weighted by atomic mass is 9.98. The summed E-state index contributed by atoms with van der Waals surface area (Å²) in [4.78, 5) is 2.34. The lowest BCUT2D eigenvalue weighted by Gasteiger charge is -2.36. The molecule has 1 aliphatic heterocycles. The van der Waals surface area contributed by atoms with Crippen LogP contribution in [-0.4, -0.2) is 44.6 Å². The molecule has 0 aromatic heterocycles. The molecular formula is C16H23Cl2F3N2O2. The average molecular weight is 403 g/mol. The van der Waals surface area contributed by atoms with E-state index in [1.165, 1.54) is 12.1 Å². The maximum absolute atomic E-state index is 12.5. The molecule has 0 radical (unpaired) electrons. The Balaban J connectivity index is 0.00000156. The van der Waals surface area contributed by atoms with Gasteiger partial charge in [-0.3, -0.25) is 4.90 Å². The van der Waals surface area contributed by atoms with E-state index in [2.05, 4.69) is 15.0 Å². The monoisotopic (exact) mass is 402 g/mol. The molecule has 0 bridgehead atoms. The number of piperazine rings is 1. The number of rotatable bonds is 5. The fourth-order valence-electron chi connectivity index (χ4n) is 3.26. The Bertz CT molecular complexity index is 551. The van der Waals surface area contributed by atoms with Gasteiger partial charge in [0.1, 0.15) is 11.5 Å². The molecule has 1 heterocycles. The Morgan fingerprint density at radius 1 is 1.16 bits per heavy atom. The van der Waals surface area contributed by atoms with Gasteiger partial charge in [-0.1, -0.05) is 0 Å². The molecule has 0 spiro atoms. The molecule has 1 N–H and O–H groups in total. The number of nitrogens with one attached hydrogen (secondary N) is 1. The van der Waals surface area contributed by atoms with Gasteiger partial charge in [-0.2, -0.15) is 0 Å². The molecule has 1 saturated carbocycles. The minimum Gasteiger partial charge on any atom is -0.496 e. The van der Waals surface area contributed by atoms with E-state index in [0.29, 0.717) is 11.7 Å². The van der Waals surface area contributed by atoms with Gasteiger partial charge in [0.05, 0.1) is 7.11 Å². The molecule has 1 saturated heterocycles. The van der Waals surface area contributed by atoms with Gasteiger partial charge in [0.25, 0.3) is 0 Å². The molecular weight excluding hydrogens is 380 g/mol. The molecule has 25 heavy (non-hydrogen) atoms. The average Bonchev–Trinajstić information content (AvgIpc) is 3.32. The number of halogens is 5. The molecule has 1 aromatic rings. The van der Waals surface area contributed by atoms with E-state index >= 15 is 0 Å². The Hall–Kier alpha value is -0.890. The lowest BCUT2D eigenvalue weighted by Crippen LogP contribution is -2.45. The molecule has 0 unspecified atom stereocenters. The first-order valence-electron chi connectivity index (χ1n) is 7.86. The standard InChI is InChI=1S/C16H21F3N2O2.2ClH/c1-22-14-5-4-12(23-16(17,18)19)10-13(14)15(11-2-3-11)21-8-6-20-7-9-21;;/h4-5,10-11,15,20H,2-3,6-9H2,1H3;2*1H/t15-;;/m0../s1. The van der Waals surface area contributed by atoms with Gasteiger partial charge in [0.15, 0.2) is 0 Å². The van der Waals surface area contributed by atoms with Gasteiger partial charge in [0, 0.05) is 37.8 Å². The topological polar surface area (TPSA) is 33.7 Å². The zero-order chi connectivity index (χ0) is 16.4. The predicted molar refractivity (Wildman–Crippen MR) is 94.1 cm³/mol. The molecule has 4 nitrogen and oxygen atoms in total. The number of hydrogen-bond donors (Lipinski definition) is 1. The Morgan fingerprint density at radius 3 is 2.32 bits per heavy atom. The van der Waals surface area contributed by atoms with Crippen LogP contribution in [0.3, 0.4) is 0 Å². The summed E-state index contributed by atoms with van der Waals surface area (Å²) in [6.45, 7) is 3.55. The number of benzene rings is 1. The van der Waals surface area contributed by atoms with Gasteiger partial charge in [0.2, 0.25) is 0 Å². The summed E-state index contributed by atoms with van der Waals surface area (Å²) in [6, 6.07) is 4.44. The van der Waals surface area contributed by atoms with Gasteiger partial charge < -0.3 is 14.8 Å². The highest BCUT2D eigenvalue weighted by Gasteiger charge is 2.39. The highest BCUT2D eigenvalue weighted by Crippen LogP contribution is 2.48. The summed E-state index contributed by atoms with van der Waals surface area (Å²) < 4.78 is 47.0. The number of hydrogen-bond acceptors (Lipinski definition) is 4. The normalized spacial score (nSPS) is 19.4. The van der Waals surface area contributed by atoms with Crippen LogP contribution in [0.15, 0.2) is 18.2 Å². The quantitative estimate of drug-likeness (QED) is 0.811. The van der Waals surface area contributed by atoms with Crippen LogP contribution in [0.25, 0.3) is 0 Å². The minimum atomic E-state index is -4.68. The summed E-state index contributed by atoms with van der Waals surface area (Å²) in [5, 5.41) is 3.31. The van der Waals surface area contributed by atoms with E-state index in [4.69, 9.17) is 4.74 Å². The minimum absolute atomic E-state index is 0. The van der Waals surface area contributed by atoms with Gasteiger partial charge in [-0.25, -0.2) is 0 Å². The fraction of sp³-hybridized carbons (Fsp3) is 0.625. The first kappa shape index (κ1) is 22.2. The van der Waals surface area contributed by atoms with Crippen LogP contribution in [0.4, 0.5) is 13.2 Å². The molecule has 2 aliphatic rings. The molecule has 1 aromatic carbocycles. The third-order valence-electron chi connectivity index (χ3n) is 4.37. The third-order valence-corrected chi connectivity index (χ3v) is 4.37. The number of nitrogens with zero attached hydrogens (tertiary/aromatic N) is 1. The van der Waals surface area contributed by atoms with Gasteiger partial charge in [-0.05, 0) is 37.0 Å². The second-order valence-corrected chi connectivity index (χ2v) is 6.02. The van der Waals surface area contributed by atoms with E-state index in [1.54, 1.807) is 13.2 Å². The van der Waals surface area contributed by atoms with Crippen LogP contribution in [0, 0.1) is 5.92 Å². The first-order valence-corrected chi connectivity index (χ1v) is 7.86. The van der Waals surface area contributed by atoms with Crippen LogP contribution >= 0.6 is 24.8 Å². The number of methoxy groups -OCH3 is 1. The molecule has 1 aliphatic carbocycles. The van der Waals surface area contributed by atoms with Crippen molar-refractivity contribution in [3.05, 3.63) is 23.8 Å². The first-order chi connectivity index (χ1) is 11.0. The van der Waals surface area contributed by atoms with Crippen LogP contribution in [0.5, 0.6) is 11.5 Å². The SMILES string of the molecule is COc1ccc(OC(F)(F)F)cc1[C@H](C1CC1)N1CCNCC1.Cl.Cl. The molecule has 2 fully saturated rings. The summed E-state index contributed by atoms with van der Waals surface area (Å²) in [5.74, 6) is 0.909. The number of ether oxygens (including phenoxy) is 2. The lowest BCUT2D eigenvalue weighted by molar-refractivity contribution is -0.274. The van der Waals surface area contributed by atoms with Crippen LogP contribution in [-0.2, 0) is 0 Å². The van der Waals surface area contributed by atoms with Crippen molar-refractivity contribution in [2.24, 2.45) is 5.92 Å². The van der Waals surface area contributed by atoms with Crippen molar-refractivity contribution in [2.75, 3.05) is 33.3 Å². The van der Waals surface area contributed by atoms with Crippen LogP contribution in [0.1, 0.15) is 24.4 Å². The predicted octanol–water partition coefficient (Wildman–Crippen LogP) is 3.79. The summed E-state index contributed by atoms with van der Waals surface area (Å²) in [6.07, 6.45) is -2.49. The van der Waals surface area contributed by atoms with Crippen molar-refractivity contribution in [1.29, 1.82) is 0 Å². The molecule has 144 valence electrons. The van der Waals surface area contributed by atoms with Crippen molar-refractivity contribution >= 4 is 24.8 Å². The summed E-state index contributed by atoms with van der Waals surface area (Å²) in [5.41, 5.74) is 0.790. The Morgan fingerprint density at radius 2 is 1.80 bits per heavy atom. The van der Waals surface area contributed by atoms with Crippen molar-refractivity contribution in [2.45, 2.75) is 25.2 Å². The molecule has 9 heteroatoms. The third kappa shape index (κ3) is 5.81. The largest absolute Gasteiger partial charge is 0.573 e. The van der Waals surface area contributed by atoms with E-state index in [1.807, 2.05) is 0 Å². The van der Waals surface area contributed by atoms with Gasteiger partial charge in [-0.15, -0.1) is 38.0 Å². The van der Waals surface area contributed by atoms with Crippen LogP contribution in [0.2, 0.25) is 0 Å². The second-order valence-electron chi connectivity index (χ2n) is 6.02. The smallest absolute Gasteiger partial charge is 0.496 e. The molecule has 0 amide bonds. The van der Waals surface area contributed by atoms with E-state index in [-0.39, 0.29) is 36.6 Å². The van der Waals surface area contributed by atoms with Crippen molar-refractivity contribution in [3.63, 3.8) is 0 Å². The Kier molecular flexibility index (Phi) is 8.12. The highest BCUT2D eigenvalue weighted by atomic mass is 35.5. The van der Waals surface area contributed by atoms with E-state index in [9.17, 15) is 13.2 Å². The van der Waals surface area contributed by atoms with Crippen molar-refractivity contribution < 1.29 is 22.6 Å². The van der Waals surface area contributed by atoms with Crippen LogP contribution < -0.4 is 14.8 Å². The summed E-state index contributed by atoms with van der Waals surface area (Å²) >= 11 is 0. The zero-order valence-corrected chi connectivity index (χ0v) is 15.5. The van der Waals surface area contributed by atoms with E-state index in [0.717, 1.165) is 44.6 Å². The second kappa shape index (κ2) is 9.16. The van der Waals surface area contributed by atoms with Crippen molar-refractivity contribution in [3.8, 4) is 11.5 Å². The zero-order valence-electron chi connectivity index (χ0n) is 13.8. The maximum atomic E-state index is 12.5. The fourth-order valence-corrected chi connectivity index (χ4v) is 3.26. The summed E-state index contributed by atoms with van der Waals surface area (Å²) in [7, 11) is 1.55. The Labute approximate surface area is 157 Å². The van der Waals surface area contributed by atoms with Gasteiger partial charge >= 0.3 is 6.36 Å². The molecule has 1 atom stereocenters. The highest BCUT2D eigenvalue weighted by molar-refractivity contribution is 5.85. The number of alkyl halides is 3.